The van der Waals surface area contributed by atoms with Crippen molar-refractivity contribution >= 4 is 22.0 Å². The maximum Gasteiger partial charge on any atom is 0.232 e. The summed E-state index contributed by atoms with van der Waals surface area (Å²) < 4.78 is 25.2. The third-order valence-corrected chi connectivity index (χ3v) is 8.58. The zero-order chi connectivity index (χ0) is 25.6. The Kier molecular flexibility index (Phi) is 7.98. The van der Waals surface area contributed by atoms with Gasteiger partial charge in [-0.25, -0.2) is 8.42 Å². The number of amides is 1. The molecule has 1 aliphatic heterocycles. The lowest BCUT2D eigenvalue weighted by Crippen LogP contribution is -2.49. The summed E-state index contributed by atoms with van der Waals surface area (Å²) in [6.07, 6.45) is 1.48. The molecule has 4 rings (SSSR count). The highest BCUT2D eigenvalue weighted by Gasteiger charge is 2.49. The fraction of sp³-hybridized carbons (Fsp3) is 0.286. The molecule has 0 radical (unpaired) electrons. The van der Waals surface area contributed by atoms with Gasteiger partial charge in [0.15, 0.2) is 9.84 Å². The highest BCUT2D eigenvalue weighted by molar-refractivity contribution is 7.91. The van der Waals surface area contributed by atoms with Crippen molar-refractivity contribution in [2.75, 3.05) is 32.1 Å². The molecule has 0 unspecified atom stereocenters. The quantitative estimate of drug-likeness (QED) is 0.306. The third kappa shape index (κ3) is 5.26. The zero-order valence-corrected chi connectivity index (χ0v) is 20.9. The van der Waals surface area contributed by atoms with Gasteiger partial charge in [0.25, 0.3) is 0 Å². The standard InChI is InChI=1S/C28H31N3O4S/c29-27(33)28(23-7-3-1-4-8-23,24-9-5-2-6-10-24)25-15-17-31(19-25)18-16-30-21-36(34,35)26-13-11-22(20-32)12-14-26/h1-14,20,25,30H,15-19,21H2,(H2,29,33)/t25-/m1/s1. The molecular formula is C28H31N3O4S. The number of hydrogen-bond acceptors (Lipinski definition) is 6. The van der Waals surface area contributed by atoms with E-state index in [-0.39, 0.29) is 22.6 Å². The van der Waals surface area contributed by atoms with E-state index in [4.69, 9.17) is 5.73 Å². The summed E-state index contributed by atoms with van der Waals surface area (Å²) in [6.45, 7) is 2.60. The lowest BCUT2D eigenvalue weighted by atomic mass is 9.64. The summed E-state index contributed by atoms with van der Waals surface area (Å²) in [6, 6.07) is 25.3. The monoisotopic (exact) mass is 505 g/mol. The third-order valence-electron chi connectivity index (χ3n) is 7.00. The molecule has 0 saturated carbocycles. The molecule has 1 amide bonds. The smallest absolute Gasteiger partial charge is 0.232 e. The molecule has 1 aliphatic rings. The van der Waals surface area contributed by atoms with Crippen molar-refractivity contribution in [1.29, 1.82) is 0 Å². The number of rotatable bonds is 11. The zero-order valence-electron chi connectivity index (χ0n) is 20.0. The van der Waals surface area contributed by atoms with Crippen LogP contribution in [0.4, 0.5) is 0 Å². The number of carbonyl (C=O) groups excluding carboxylic acids is 2. The van der Waals surface area contributed by atoms with Crippen LogP contribution in [0.25, 0.3) is 0 Å². The Hall–Kier alpha value is -3.33. The molecule has 8 heteroatoms. The molecule has 188 valence electrons. The van der Waals surface area contributed by atoms with Crippen molar-refractivity contribution < 1.29 is 18.0 Å². The Bertz CT molecular complexity index is 1240. The number of carbonyl (C=O) groups is 2. The normalized spacial score (nSPS) is 16.6. The molecule has 3 N–H and O–H groups in total. The summed E-state index contributed by atoms with van der Waals surface area (Å²) in [7, 11) is -3.51. The minimum Gasteiger partial charge on any atom is -0.369 e. The lowest BCUT2D eigenvalue weighted by Gasteiger charge is -2.37. The number of nitrogens with two attached hydrogens (primary N) is 1. The number of nitrogens with zero attached hydrogens (tertiary/aromatic N) is 1. The number of sulfone groups is 1. The van der Waals surface area contributed by atoms with Crippen LogP contribution in [0.15, 0.2) is 89.8 Å². The van der Waals surface area contributed by atoms with Crippen LogP contribution in [0.1, 0.15) is 27.9 Å². The molecule has 36 heavy (non-hydrogen) atoms. The average Bonchev–Trinajstić information content (AvgIpc) is 3.37. The van der Waals surface area contributed by atoms with Crippen LogP contribution >= 0.6 is 0 Å². The molecule has 0 bridgehead atoms. The van der Waals surface area contributed by atoms with Gasteiger partial charge in [-0.05, 0) is 42.1 Å². The molecule has 0 aromatic heterocycles. The number of aldehydes is 1. The molecule has 1 saturated heterocycles. The van der Waals surface area contributed by atoms with E-state index < -0.39 is 15.3 Å². The topological polar surface area (TPSA) is 110 Å². The van der Waals surface area contributed by atoms with Gasteiger partial charge < -0.3 is 16.0 Å². The SMILES string of the molecule is NC(=O)C(c1ccccc1)(c1ccccc1)[C@@H]1CCN(CCNCS(=O)(=O)c2ccc(C=O)cc2)C1. The van der Waals surface area contributed by atoms with Crippen LogP contribution in [0.2, 0.25) is 0 Å². The second-order valence-electron chi connectivity index (χ2n) is 9.14. The minimum atomic E-state index is -3.51. The predicted octanol–water partition coefficient (Wildman–Crippen LogP) is 2.61. The fourth-order valence-electron chi connectivity index (χ4n) is 5.20. The van der Waals surface area contributed by atoms with Gasteiger partial charge in [-0.3, -0.25) is 9.59 Å². The lowest BCUT2D eigenvalue weighted by molar-refractivity contribution is -0.123. The molecule has 3 aromatic rings. The average molecular weight is 506 g/mol. The molecule has 3 aromatic carbocycles. The van der Waals surface area contributed by atoms with Gasteiger partial charge in [-0.1, -0.05) is 72.8 Å². The Labute approximate surface area is 212 Å². The van der Waals surface area contributed by atoms with Crippen molar-refractivity contribution in [1.82, 2.24) is 10.2 Å². The molecule has 1 atom stereocenters. The summed E-state index contributed by atoms with van der Waals surface area (Å²) in [5.74, 6) is -0.569. The largest absolute Gasteiger partial charge is 0.369 e. The van der Waals surface area contributed by atoms with Crippen molar-refractivity contribution in [2.24, 2.45) is 11.7 Å². The van der Waals surface area contributed by atoms with Crippen molar-refractivity contribution in [3.8, 4) is 0 Å². The molecule has 0 aliphatic carbocycles. The van der Waals surface area contributed by atoms with Crippen molar-refractivity contribution in [2.45, 2.75) is 16.7 Å². The first-order valence-corrected chi connectivity index (χ1v) is 13.6. The van der Waals surface area contributed by atoms with Crippen LogP contribution in [-0.2, 0) is 20.0 Å². The second-order valence-corrected chi connectivity index (χ2v) is 11.1. The Balaban J connectivity index is 1.43. The molecule has 1 fully saturated rings. The van der Waals surface area contributed by atoms with Crippen molar-refractivity contribution in [3.63, 3.8) is 0 Å². The number of primary amides is 1. The van der Waals surface area contributed by atoms with Crippen LogP contribution < -0.4 is 11.1 Å². The number of nitrogens with one attached hydrogen (secondary N) is 1. The van der Waals surface area contributed by atoms with Gasteiger partial charge >= 0.3 is 0 Å². The van der Waals surface area contributed by atoms with E-state index in [1.807, 2.05) is 60.7 Å². The maximum atomic E-state index is 13.2. The van der Waals surface area contributed by atoms with E-state index in [1.165, 1.54) is 24.3 Å². The van der Waals surface area contributed by atoms with Gasteiger partial charge in [0.2, 0.25) is 5.91 Å². The first-order valence-electron chi connectivity index (χ1n) is 12.0. The molecule has 1 heterocycles. The van der Waals surface area contributed by atoms with Gasteiger partial charge in [0, 0.05) is 25.2 Å². The van der Waals surface area contributed by atoms with E-state index in [2.05, 4.69) is 10.2 Å². The van der Waals surface area contributed by atoms with E-state index in [0.717, 1.165) is 24.1 Å². The van der Waals surface area contributed by atoms with Crippen LogP contribution in [0.5, 0.6) is 0 Å². The maximum absolute atomic E-state index is 13.2. The minimum absolute atomic E-state index is 0.0140. The van der Waals surface area contributed by atoms with E-state index >= 15 is 0 Å². The summed E-state index contributed by atoms with van der Waals surface area (Å²) in [5.41, 5.74) is 7.42. The summed E-state index contributed by atoms with van der Waals surface area (Å²) in [5, 5.41) is 3.03. The first-order chi connectivity index (χ1) is 17.4. The Morgan fingerprint density at radius 1 is 0.972 bits per heavy atom. The molecular weight excluding hydrogens is 474 g/mol. The second kappa shape index (κ2) is 11.2. The van der Waals surface area contributed by atoms with Crippen LogP contribution in [-0.4, -0.2) is 57.6 Å². The highest BCUT2D eigenvalue weighted by Crippen LogP contribution is 2.43. The number of likely N-dealkylation sites (tertiary alicyclic amines) is 1. The Morgan fingerprint density at radius 2 is 1.56 bits per heavy atom. The van der Waals surface area contributed by atoms with E-state index in [0.29, 0.717) is 31.5 Å². The van der Waals surface area contributed by atoms with E-state index in [1.54, 1.807) is 0 Å². The van der Waals surface area contributed by atoms with Gasteiger partial charge in [0.05, 0.1) is 4.90 Å². The van der Waals surface area contributed by atoms with Crippen LogP contribution in [0.3, 0.4) is 0 Å². The molecule has 7 nitrogen and oxygen atoms in total. The summed E-state index contributed by atoms with van der Waals surface area (Å²) >= 11 is 0. The van der Waals surface area contributed by atoms with Gasteiger partial charge in [0.1, 0.15) is 17.6 Å². The van der Waals surface area contributed by atoms with Crippen molar-refractivity contribution in [3.05, 3.63) is 102 Å². The van der Waals surface area contributed by atoms with Crippen LogP contribution in [0, 0.1) is 5.92 Å². The fourth-order valence-corrected chi connectivity index (χ4v) is 6.33. The van der Waals surface area contributed by atoms with Gasteiger partial charge in [-0.15, -0.1) is 0 Å². The van der Waals surface area contributed by atoms with E-state index in [9.17, 15) is 18.0 Å². The number of benzene rings is 3. The molecule has 0 spiro atoms. The first kappa shape index (κ1) is 25.8. The Morgan fingerprint density at radius 3 is 2.08 bits per heavy atom. The summed E-state index contributed by atoms with van der Waals surface area (Å²) in [4.78, 5) is 26.4. The number of hydrogen-bond donors (Lipinski definition) is 2. The van der Waals surface area contributed by atoms with Gasteiger partial charge in [-0.2, -0.15) is 0 Å². The highest BCUT2D eigenvalue weighted by atomic mass is 32.2. The predicted molar refractivity (Wildman–Crippen MR) is 139 cm³/mol.